The maximum absolute atomic E-state index is 9.78. The molecule has 0 fully saturated rings. The number of benzene rings is 2. The third kappa shape index (κ3) is 1.92. The summed E-state index contributed by atoms with van der Waals surface area (Å²) in [4.78, 5) is 2.26. The summed E-state index contributed by atoms with van der Waals surface area (Å²) in [7, 11) is 2.12. The van der Waals surface area contributed by atoms with Crippen molar-refractivity contribution in [2.45, 2.75) is 19.3 Å². The molecule has 0 radical (unpaired) electrons. The molecule has 0 saturated carbocycles. The fraction of sp³-hybridized carbons (Fsp3) is 0.333. The van der Waals surface area contributed by atoms with Crippen LogP contribution >= 0.6 is 0 Å². The Morgan fingerprint density at radius 2 is 1.50 bits per heavy atom. The van der Waals surface area contributed by atoms with Gasteiger partial charge in [0.15, 0.2) is 0 Å². The molecule has 0 aliphatic carbocycles. The van der Waals surface area contributed by atoms with E-state index >= 15 is 0 Å². The van der Waals surface area contributed by atoms with Gasteiger partial charge in [0.2, 0.25) is 0 Å². The lowest BCUT2D eigenvalue weighted by atomic mass is 9.76. The van der Waals surface area contributed by atoms with Crippen LogP contribution in [0.2, 0.25) is 0 Å². The van der Waals surface area contributed by atoms with E-state index in [-0.39, 0.29) is 18.4 Å². The lowest BCUT2D eigenvalue weighted by Gasteiger charge is -2.38. The second-order valence-corrected chi connectivity index (χ2v) is 5.51. The number of aliphatic hydroxyl groups excluding tert-OH is 1. The minimum Gasteiger partial charge on any atom is -0.396 e. The van der Waals surface area contributed by atoms with Crippen LogP contribution in [-0.2, 0) is 0 Å². The first-order valence-electron chi connectivity index (χ1n) is 7.30. The van der Waals surface area contributed by atoms with Gasteiger partial charge in [-0.2, -0.15) is 0 Å². The third-order valence-electron chi connectivity index (χ3n) is 4.50. The molecule has 1 heterocycles. The van der Waals surface area contributed by atoms with Crippen LogP contribution < -0.4 is 4.90 Å². The van der Waals surface area contributed by atoms with Crippen LogP contribution in [0.25, 0.3) is 0 Å². The second-order valence-electron chi connectivity index (χ2n) is 5.51. The standard InChI is InChI=1S/C18H21NO/c1-3-13(12-20)18-14-8-4-6-10-16(14)19(2)17-11-7-5-9-15(17)18/h4-11,13,18,20H,3,12H2,1-2H3/t13-/m0/s1. The molecule has 0 saturated heterocycles. The third-order valence-corrected chi connectivity index (χ3v) is 4.50. The van der Waals surface area contributed by atoms with Crippen molar-refractivity contribution in [3.8, 4) is 0 Å². The highest BCUT2D eigenvalue weighted by molar-refractivity contribution is 5.75. The van der Waals surface area contributed by atoms with Crippen molar-refractivity contribution in [2.75, 3.05) is 18.6 Å². The molecule has 0 aromatic heterocycles. The number of hydrogen-bond donors (Lipinski definition) is 1. The summed E-state index contributed by atoms with van der Waals surface area (Å²) in [5.74, 6) is 0.555. The molecule has 1 atom stereocenters. The van der Waals surface area contributed by atoms with E-state index in [0.29, 0.717) is 0 Å². The summed E-state index contributed by atoms with van der Waals surface area (Å²) in [5.41, 5.74) is 5.16. The van der Waals surface area contributed by atoms with Gasteiger partial charge in [0.25, 0.3) is 0 Å². The topological polar surface area (TPSA) is 23.5 Å². The minimum atomic E-state index is 0.230. The summed E-state index contributed by atoms with van der Waals surface area (Å²) in [6, 6.07) is 17.1. The number of hydrogen-bond acceptors (Lipinski definition) is 2. The molecule has 1 aliphatic rings. The average molecular weight is 267 g/mol. The van der Waals surface area contributed by atoms with E-state index in [1.807, 2.05) is 0 Å². The van der Waals surface area contributed by atoms with Crippen molar-refractivity contribution in [3.63, 3.8) is 0 Å². The lowest BCUT2D eigenvalue weighted by molar-refractivity contribution is 0.209. The Kier molecular flexibility index (Phi) is 3.49. The van der Waals surface area contributed by atoms with Crippen LogP contribution in [-0.4, -0.2) is 18.8 Å². The fourth-order valence-corrected chi connectivity index (χ4v) is 3.39. The molecule has 104 valence electrons. The van der Waals surface area contributed by atoms with Crippen LogP contribution in [0.3, 0.4) is 0 Å². The Hall–Kier alpha value is -1.80. The monoisotopic (exact) mass is 267 g/mol. The van der Waals surface area contributed by atoms with E-state index in [2.05, 4.69) is 67.4 Å². The quantitative estimate of drug-likeness (QED) is 0.911. The molecule has 1 N–H and O–H groups in total. The summed E-state index contributed by atoms with van der Waals surface area (Å²) in [6.07, 6.45) is 0.980. The summed E-state index contributed by atoms with van der Waals surface area (Å²) < 4.78 is 0. The summed E-state index contributed by atoms with van der Waals surface area (Å²) >= 11 is 0. The number of fused-ring (bicyclic) bond motifs is 2. The van der Waals surface area contributed by atoms with Gasteiger partial charge in [-0.15, -0.1) is 0 Å². The summed E-state index contributed by atoms with van der Waals surface area (Å²) in [6.45, 7) is 2.39. The predicted molar refractivity (Wildman–Crippen MR) is 83.7 cm³/mol. The van der Waals surface area contributed by atoms with Crippen molar-refractivity contribution in [2.24, 2.45) is 5.92 Å². The van der Waals surface area contributed by atoms with Gasteiger partial charge in [-0.05, 0) is 29.2 Å². The molecule has 3 rings (SSSR count). The highest BCUT2D eigenvalue weighted by atomic mass is 16.3. The highest BCUT2D eigenvalue weighted by Gasteiger charge is 2.32. The smallest absolute Gasteiger partial charge is 0.0468 e. The van der Waals surface area contributed by atoms with E-state index in [1.54, 1.807) is 0 Å². The van der Waals surface area contributed by atoms with Gasteiger partial charge in [0.1, 0.15) is 0 Å². The zero-order valence-corrected chi connectivity index (χ0v) is 12.1. The molecule has 1 aliphatic heterocycles. The van der Waals surface area contributed by atoms with E-state index in [9.17, 15) is 5.11 Å². The molecular weight excluding hydrogens is 246 g/mol. The first-order chi connectivity index (χ1) is 9.77. The van der Waals surface area contributed by atoms with Gasteiger partial charge in [-0.1, -0.05) is 49.7 Å². The maximum atomic E-state index is 9.78. The molecule has 0 spiro atoms. The molecule has 0 bridgehead atoms. The zero-order valence-electron chi connectivity index (χ0n) is 12.1. The second kappa shape index (κ2) is 5.29. The van der Waals surface area contributed by atoms with Crippen molar-refractivity contribution < 1.29 is 5.11 Å². The molecule has 2 aromatic carbocycles. The fourth-order valence-electron chi connectivity index (χ4n) is 3.39. The van der Waals surface area contributed by atoms with Crippen LogP contribution in [0, 0.1) is 5.92 Å². The van der Waals surface area contributed by atoms with Gasteiger partial charge >= 0.3 is 0 Å². The maximum Gasteiger partial charge on any atom is 0.0468 e. The average Bonchev–Trinajstić information content (AvgIpc) is 2.51. The number of aliphatic hydroxyl groups is 1. The molecular formula is C18H21NO. The molecule has 2 aromatic rings. The van der Waals surface area contributed by atoms with E-state index in [4.69, 9.17) is 0 Å². The van der Waals surface area contributed by atoms with Crippen molar-refractivity contribution >= 4 is 11.4 Å². The molecule has 2 nitrogen and oxygen atoms in total. The Labute approximate surface area is 120 Å². The van der Waals surface area contributed by atoms with Gasteiger partial charge in [0.05, 0.1) is 0 Å². The lowest BCUT2D eigenvalue weighted by Crippen LogP contribution is -2.27. The Morgan fingerprint density at radius 3 is 1.95 bits per heavy atom. The van der Waals surface area contributed by atoms with Gasteiger partial charge in [0, 0.05) is 30.9 Å². The Bertz CT molecular complexity index is 556. The van der Waals surface area contributed by atoms with Crippen LogP contribution in [0.15, 0.2) is 48.5 Å². The van der Waals surface area contributed by atoms with Gasteiger partial charge < -0.3 is 10.0 Å². The Balaban J connectivity index is 2.22. The molecule has 0 unspecified atom stereocenters. The summed E-state index contributed by atoms with van der Waals surface area (Å²) in [5, 5.41) is 9.78. The van der Waals surface area contributed by atoms with E-state index in [1.165, 1.54) is 22.5 Å². The number of para-hydroxylation sites is 2. The van der Waals surface area contributed by atoms with Crippen molar-refractivity contribution in [3.05, 3.63) is 59.7 Å². The number of rotatable bonds is 3. The molecule has 20 heavy (non-hydrogen) atoms. The van der Waals surface area contributed by atoms with Gasteiger partial charge in [-0.3, -0.25) is 0 Å². The largest absolute Gasteiger partial charge is 0.396 e. The van der Waals surface area contributed by atoms with Crippen LogP contribution in [0.4, 0.5) is 11.4 Å². The minimum absolute atomic E-state index is 0.230. The normalized spacial score (nSPS) is 15.7. The van der Waals surface area contributed by atoms with E-state index in [0.717, 1.165) is 6.42 Å². The first-order valence-corrected chi connectivity index (χ1v) is 7.30. The highest BCUT2D eigenvalue weighted by Crippen LogP contribution is 2.48. The predicted octanol–water partition coefficient (Wildman–Crippen LogP) is 3.92. The molecule has 2 heteroatoms. The van der Waals surface area contributed by atoms with Crippen LogP contribution in [0.5, 0.6) is 0 Å². The zero-order chi connectivity index (χ0) is 14.1. The first kappa shape index (κ1) is 13.2. The number of anilines is 2. The number of nitrogens with zero attached hydrogens (tertiary/aromatic N) is 1. The molecule has 0 amide bonds. The van der Waals surface area contributed by atoms with E-state index < -0.39 is 0 Å². The van der Waals surface area contributed by atoms with Gasteiger partial charge in [-0.25, -0.2) is 0 Å². The van der Waals surface area contributed by atoms with Crippen LogP contribution in [0.1, 0.15) is 30.4 Å². The Morgan fingerprint density at radius 1 is 1.00 bits per heavy atom. The van der Waals surface area contributed by atoms with Crippen molar-refractivity contribution in [1.29, 1.82) is 0 Å². The SMILES string of the molecule is CC[C@@H](CO)C1c2ccccc2N(C)c2ccccc21. The van der Waals surface area contributed by atoms with Crippen molar-refractivity contribution in [1.82, 2.24) is 0 Å².